The van der Waals surface area contributed by atoms with Gasteiger partial charge in [-0.15, -0.1) is 0 Å². The Hall–Kier alpha value is -0.800. The maximum absolute atomic E-state index is 5.71. The Kier molecular flexibility index (Phi) is 3.36. The molecule has 0 spiro atoms. The van der Waals surface area contributed by atoms with Gasteiger partial charge in [0.2, 0.25) is 0 Å². The van der Waals surface area contributed by atoms with Crippen LogP contribution in [0.2, 0.25) is 0 Å². The molecule has 1 aliphatic rings. The molecule has 0 saturated carbocycles. The summed E-state index contributed by atoms with van der Waals surface area (Å²) in [5.74, 6) is 2.08. The summed E-state index contributed by atoms with van der Waals surface area (Å²) in [7, 11) is 0. The molecule has 0 amide bonds. The second kappa shape index (κ2) is 4.60. The minimum Gasteiger partial charge on any atom is -0.465 e. The van der Waals surface area contributed by atoms with Crippen LogP contribution in [0.4, 0.5) is 0 Å². The summed E-state index contributed by atoms with van der Waals surface area (Å²) in [6, 6.07) is 5.63. The minimum absolute atomic E-state index is 0.376. The lowest BCUT2D eigenvalue weighted by Gasteiger charge is -2.38. The van der Waals surface area contributed by atoms with Crippen molar-refractivity contribution in [1.82, 2.24) is 10.2 Å². The summed E-state index contributed by atoms with van der Waals surface area (Å²) in [5.41, 5.74) is 0. The number of hydrogen-bond donors (Lipinski definition) is 1. The first kappa shape index (κ1) is 11.7. The van der Waals surface area contributed by atoms with E-state index in [-0.39, 0.29) is 0 Å². The number of piperazine rings is 1. The molecule has 2 heterocycles. The highest BCUT2D eigenvalue weighted by Crippen LogP contribution is 2.24. The number of hydrogen-bond acceptors (Lipinski definition) is 3. The molecule has 0 radical (unpaired) electrons. The molecule has 3 atom stereocenters. The van der Waals surface area contributed by atoms with E-state index in [4.69, 9.17) is 4.42 Å². The van der Waals surface area contributed by atoms with Crippen LogP contribution < -0.4 is 5.32 Å². The number of aryl methyl sites for hydroxylation is 1. The normalized spacial score (nSPS) is 29.2. The van der Waals surface area contributed by atoms with E-state index in [9.17, 15) is 0 Å². The van der Waals surface area contributed by atoms with Crippen LogP contribution in [0.3, 0.4) is 0 Å². The van der Waals surface area contributed by atoms with Crippen molar-refractivity contribution in [3.05, 3.63) is 23.7 Å². The zero-order valence-electron chi connectivity index (χ0n) is 10.7. The van der Waals surface area contributed by atoms with Gasteiger partial charge in [-0.1, -0.05) is 0 Å². The van der Waals surface area contributed by atoms with Gasteiger partial charge in [-0.25, -0.2) is 0 Å². The Labute approximate surface area is 97.8 Å². The van der Waals surface area contributed by atoms with Gasteiger partial charge in [0, 0.05) is 25.2 Å². The molecule has 1 N–H and O–H groups in total. The van der Waals surface area contributed by atoms with Gasteiger partial charge >= 0.3 is 0 Å². The smallest absolute Gasteiger partial charge is 0.121 e. The molecule has 1 aromatic heterocycles. The molecule has 90 valence electrons. The zero-order valence-corrected chi connectivity index (χ0v) is 10.7. The summed E-state index contributed by atoms with van der Waals surface area (Å²) < 4.78 is 5.71. The van der Waals surface area contributed by atoms with E-state index in [0.29, 0.717) is 18.1 Å². The molecule has 0 aromatic carbocycles. The van der Waals surface area contributed by atoms with E-state index in [1.165, 1.54) is 0 Å². The fraction of sp³-hybridized carbons (Fsp3) is 0.692. The molecule has 1 aliphatic heterocycles. The van der Waals surface area contributed by atoms with Crippen LogP contribution in [0.5, 0.6) is 0 Å². The molecular formula is C13H22N2O. The Morgan fingerprint density at radius 2 is 1.94 bits per heavy atom. The molecule has 0 aliphatic carbocycles. The van der Waals surface area contributed by atoms with Gasteiger partial charge < -0.3 is 9.73 Å². The summed E-state index contributed by atoms with van der Waals surface area (Å²) in [5, 5.41) is 3.55. The SMILES string of the molecule is Cc1ccc(C(C)N2CC(C)NC(C)C2)o1. The lowest BCUT2D eigenvalue weighted by molar-refractivity contribution is 0.118. The van der Waals surface area contributed by atoms with Crippen LogP contribution in [-0.4, -0.2) is 30.1 Å². The highest BCUT2D eigenvalue weighted by molar-refractivity contribution is 5.09. The van der Waals surface area contributed by atoms with E-state index in [0.717, 1.165) is 24.6 Å². The van der Waals surface area contributed by atoms with E-state index >= 15 is 0 Å². The van der Waals surface area contributed by atoms with E-state index < -0.39 is 0 Å². The van der Waals surface area contributed by atoms with Crippen LogP contribution in [-0.2, 0) is 0 Å². The van der Waals surface area contributed by atoms with Crippen molar-refractivity contribution >= 4 is 0 Å². The zero-order chi connectivity index (χ0) is 11.7. The van der Waals surface area contributed by atoms with Crippen LogP contribution in [0.25, 0.3) is 0 Å². The maximum atomic E-state index is 5.71. The van der Waals surface area contributed by atoms with Gasteiger partial charge in [-0.3, -0.25) is 4.90 Å². The van der Waals surface area contributed by atoms with Crippen LogP contribution >= 0.6 is 0 Å². The number of furan rings is 1. The number of rotatable bonds is 2. The Morgan fingerprint density at radius 1 is 1.31 bits per heavy atom. The molecule has 2 rings (SSSR count). The molecule has 1 aromatic rings. The van der Waals surface area contributed by atoms with E-state index in [1.807, 2.05) is 13.0 Å². The first-order valence-corrected chi connectivity index (χ1v) is 6.12. The number of nitrogens with zero attached hydrogens (tertiary/aromatic N) is 1. The van der Waals surface area contributed by atoms with Crippen LogP contribution in [0.15, 0.2) is 16.5 Å². The Bertz CT molecular complexity index is 337. The topological polar surface area (TPSA) is 28.4 Å². The molecule has 3 nitrogen and oxygen atoms in total. The van der Waals surface area contributed by atoms with Gasteiger partial charge in [0.05, 0.1) is 6.04 Å². The minimum atomic E-state index is 0.376. The quantitative estimate of drug-likeness (QED) is 0.832. The first-order valence-electron chi connectivity index (χ1n) is 6.12. The lowest BCUT2D eigenvalue weighted by Crippen LogP contribution is -2.54. The van der Waals surface area contributed by atoms with E-state index in [2.05, 4.69) is 37.1 Å². The van der Waals surface area contributed by atoms with Crippen molar-refractivity contribution in [3.8, 4) is 0 Å². The van der Waals surface area contributed by atoms with Crippen molar-refractivity contribution in [3.63, 3.8) is 0 Å². The summed E-state index contributed by atoms with van der Waals surface area (Å²) in [6.45, 7) is 10.9. The van der Waals surface area contributed by atoms with Gasteiger partial charge in [-0.05, 0) is 39.8 Å². The average Bonchev–Trinajstić information content (AvgIpc) is 2.62. The highest BCUT2D eigenvalue weighted by atomic mass is 16.3. The third-order valence-corrected chi connectivity index (χ3v) is 3.31. The second-order valence-corrected chi connectivity index (χ2v) is 5.05. The van der Waals surface area contributed by atoms with Crippen molar-refractivity contribution in [1.29, 1.82) is 0 Å². The van der Waals surface area contributed by atoms with Gasteiger partial charge in [0.1, 0.15) is 11.5 Å². The highest BCUT2D eigenvalue weighted by Gasteiger charge is 2.26. The first-order chi connectivity index (χ1) is 7.56. The average molecular weight is 222 g/mol. The molecule has 16 heavy (non-hydrogen) atoms. The molecule has 3 unspecified atom stereocenters. The summed E-state index contributed by atoms with van der Waals surface area (Å²) >= 11 is 0. The molecule has 3 heteroatoms. The van der Waals surface area contributed by atoms with E-state index in [1.54, 1.807) is 0 Å². The molecule has 1 fully saturated rings. The molecule has 0 bridgehead atoms. The predicted octanol–water partition coefficient (Wildman–Crippen LogP) is 2.33. The van der Waals surface area contributed by atoms with Gasteiger partial charge in [0.25, 0.3) is 0 Å². The second-order valence-electron chi connectivity index (χ2n) is 5.05. The Morgan fingerprint density at radius 3 is 2.44 bits per heavy atom. The van der Waals surface area contributed by atoms with Crippen molar-refractivity contribution < 1.29 is 4.42 Å². The van der Waals surface area contributed by atoms with Gasteiger partial charge in [0.15, 0.2) is 0 Å². The summed E-state index contributed by atoms with van der Waals surface area (Å²) in [4.78, 5) is 2.49. The fourth-order valence-electron chi connectivity index (χ4n) is 2.54. The Balaban J connectivity index is 2.06. The third kappa shape index (κ3) is 2.47. The summed E-state index contributed by atoms with van der Waals surface area (Å²) in [6.07, 6.45) is 0. The standard InChI is InChI=1S/C13H22N2O/c1-9-7-15(8-10(2)14-9)12(4)13-6-5-11(3)16-13/h5-6,9-10,12,14H,7-8H2,1-4H3. The largest absolute Gasteiger partial charge is 0.465 e. The van der Waals surface area contributed by atoms with Gasteiger partial charge in [-0.2, -0.15) is 0 Å². The number of nitrogens with one attached hydrogen (secondary N) is 1. The third-order valence-electron chi connectivity index (χ3n) is 3.31. The molecular weight excluding hydrogens is 200 g/mol. The fourth-order valence-corrected chi connectivity index (χ4v) is 2.54. The monoisotopic (exact) mass is 222 g/mol. The predicted molar refractivity (Wildman–Crippen MR) is 65.5 cm³/mol. The molecule has 1 saturated heterocycles. The van der Waals surface area contributed by atoms with Crippen molar-refractivity contribution in [2.45, 2.75) is 45.8 Å². The van der Waals surface area contributed by atoms with Crippen LogP contribution in [0.1, 0.15) is 38.3 Å². The van der Waals surface area contributed by atoms with Crippen molar-refractivity contribution in [2.75, 3.05) is 13.1 Å². The van der Waals surface area contributed by atoms with Crippen LogP contribution in [0, 0.1) is 6.92 Å². The lowest BCUT2D eigenvalue weighted by atomic mass is 10.1. The maximum Gasteiger partial charge on any atom is 0.121 e. The van der Waals surface area contributed by atoms with Crippen molar-refractivity contribution in [2.24, 2.45) is 0 Å².